The van der Waals surface area contributed by atoms with Gasteiger partial charge in [0.05, 0.1) is 6.04 Å². The minimum Gasteiger partial charge on any atom is -0.354 e. The van der Waals surface area contributed by atoms with E-state index >= 15 is 0 Å². The number of nitrogens with zero attached hydrogens (tertiary/aromatic N) is 1. The second-order valence-corrected chi connectivity index (χ2v) is 6.96. The average Bonchev–Trinajstić information content (AvgIpc) is 2.90. The Kier molecular flexibility index (Phi) is 4.85. The van der Waals surface area contributed by atoms with Crippen molar-refractivity contribution < 1.29 is 4.79 Å². The standard InChI is InChI=1S/C15H29N3O/c1-15(2,12-6-4-5-7-12)11-17-14(19)13-10-18(3)9-8-16-13/h12-13,16H,4-11H2,1-3H3,(H,17,19). The molecular formula is C15H29N3O. The lowest BCUT2D eigenvalue weighted by Crippen LogP contribution is -2.57. The number of hydrogen-bond acceptors (Lipinski definition) is 3. The fourth-order valence-corrected chi connectivity index (χ4v) is 3.36. The van der Waals surface area contributed by atoms with Gasteiger partial charge in [0, 0.05) is 26.2 Å². The molecule has 1 saturated heterocycles. The Morgan fingerprint density at radius 1 is 1.37 bits per heavy atom. The highest BCUT2D eigenvalue weighted by Crippen LogP contribution is 2.38. The molecule has 0 aromatic rings. The molecule has 1 aliphatic heterocycles. The topological polar surface area (TPSA) is 44.4 Å². The Labute approximate surface area is 117 Å². The van der Waals surface area contributed by atoms with Gasteiger partial charge in [0.1, 0.15) is 0 Å². The first-order chi connectivity index (χ1) is 8.99. The third-order valence-corrected chi connectivity index (χ3v) is 4.87. The summed E-state index contributed by atoms with van der Waals surface area (Å²) in [6, 6.07) is -0.0434. The summed E-state index contributed by atoms with van der Waals surface area (Å²) in [5.74, 6) is 0.937. The number of amides is 1. The van der Waals surface area contributed by atoms with Crippen molar-refractivity contribution in [3.8, 4) is 0 Å². The largest absolute Gasteiger partial charge is 0.354 e. The number of carbonyl (C=O) groups excluding carboxylic acids is 1. The van der Waals surface area contributed by atoms with E-state index in [0.29, 0.717) is 0 Å². The summed E-state index contributed by atoms with van der Waals surface area (Å²) in [4.78, 5) is 14.4. The van der Waals surface area contributed by atoms with Gasteiger partial charge in [-0.15, -0.1) is 0 Å². The van der Waals surface area contributed by atoms with Crippen LogP contribution in [-0.4, -0.2) is 50.1 Å². The minimum absolute atomic E-state index is 0.0434. The molecule has 0 radical (unpaired) electrons. The van der Waals surface area contributed by atoms with Crippen LogP contribution in [0.25, 0.3) is 0 Å². The van der Waals surface area contributed by atoms with E-state index < -0.39 is 0 Å². The summed E-state index contributed by atoms with van der Waals surface area (Å²) in [6.45, 7) is 8.14. The van der Waals surface area contributed by atoms with Crippen molar-refractivity contribution in [3.05, 3.63) is 0 Å². The highest BCUT2D eigenvalue weighted by atomic mass is 16.2. The average molecular weight is 267 g/mol. The molecule has 1 unspecified atom stereocenters. The molecule has 2 N–H and O–H groups in total. The predicted octanol–water partition coefficient (Wildman–Crippen LogP) is 1.22. The molecule has 1 saturated carbocycles. The highest BCUT2D eigenvalue weighted by Gasteiger charge is 2.33. The maximum Gasteiger partial charge on any atom is 0.238 e. The summed E-state index contributed by atoms with van der Waals surface area (Å²) in [6.07, 6.45) is 5.37. The van der Waals surface area contributed by atoms with Gasteiger partial charge in [-0.05, 0) is 31.2 Å². The predicted molar refractivity (Wildman–Crippen MR) is 78.0 cm³/mol. The second-order valence-electron chi connectivity index (χ2n) is 6.96. The van der Waals surface area contributed by atoms with E-state index in [1.54, 1.807) is 0 Å². The Morgan fingerprint density at radius 2 is 2.05 bits per heavy atom. The lowest BCUT2D eigenvalue weighted by atomic mass is 9.77. The Hall–Kier alpha value is -0.610. The molecule has 1 aliphatic carbocycles. The van der Waals surface area contributed by atoms with Crippen molar-refractivity contribution in [1.29, 1.82) is 0 Å². The van der Waals surface area contributed by atoms with Gasteiger partial charge in [-0.2, -0.15) is 0 Å². The van der Waals surface area contributed by atoms with E-state index in [2.05, 4.69) is 36.4 Å². The van der Waals surface area contributed by atoms with E-state index in [9.17, 15) is 4.79 Å². The first-order valence-electron chi connectivity index (χ1n) is 7.69. The quantitative estimate of drug-likeness (QED) is 0.805. The molecule has 1 heterocycles. The van der Waals surface area contributed by atoms with Crippen LogP contribution in [-0.2, 0) is 4.79 Å². The number of carbonyl (C=O) groups is 1. The van der Waals surface area contributed by atoms with Crippen molar-refractivity contribution in [3.63, 3.8) is 0 Å². The Balaban J connectivity index is 1.78. The van der Waals surface area contributed by atoms with Gasteiger partial charge in [0.25, 0.3) is 0 Å². The molecule has 2 fully saturated rings. The number of rotatable bonds is 4. The summed E-state index contributed by atoms with van der Waals surface area (Å²) >= 11 is 0. The summed E-state index contributed by atoms with van der Waals surface area (Å²) in [5.41, 5.74) is 0.229. The molecule has 0 aromatic heterocycles. The molecule has 110 valence electrons. The third-order valence-electron chi connectivity index (χ3n) is 4.87. The molecule has 2 rings (SSSR count). The monoisotopic (exact) mass is 267 g/mol. The summed E-state index contributed by atoms with van der Waals surface area (Å²) < 4.78 is 0. The van der Waals surface area contributed by atoms with Gasteiger partial charge in [-0.1, -0.05) is 26.7 Å². The van der Waals surface area contributed by atoms with Gasteiger partial charge >= 0.3 is 0 Å². The number of piperazine rings is 1. The van der Waals surface area contributed by atoms with Crippen LogP contribution in [0.1, 0.15) is 39.5 Å². The molecule has 0 bridgehead atoms. The normalized spacial score (nSPS) is 26.6. The van der Waals surface area contributed by atoms with Crippen LogP contribution in [0.5, 0.6) is 0 Å². The molecule has 0 aromatic carbocycles. The van der Waals surface area contributed by atoms with Crippen molar-refractivity contribution in [2.24, 2.45) is 11.3 Å². The second kappa shape index (κ2) is 6.23. The van der Waals surface area contributed by atoms with Crippen molar-refractivity contribution in [1.82, 2.24) is 15.5 Å². The van der Waals surface area contributed by atoms with Crippen LogP contribution in [0.4, 0.5) is 0 Å². The fraction of sp³-hybridized carbons (Fsp3) is 0.933. The van der Waals surface area contributed by atoms with E-state index in [-0.39, 0.29) is 17.4 Å². The van der Waals surface area contributed by atoms with E-state index in [0.717, 1.165) is 32.1 Å². The van der Waals surface area contributed by atoms with Gasteiger partial charge in [-0.25, -0.2) is 0 Å². The maximum absolute atomic E-state index is 12.2. The lowest BCUT2D eigenvalue weighted by molar-refractivity contribution is -0.124. The zero-order chi connectivity index (χ0) is 13.9. The molecule has 2 aliphatic rings. The van der Waals surface area contributed by atoms with Crippen LogP contribution in [0.15, 0.2) is 0 Å². The molecule has 0 spiro atoms. The van der Waals surface area contributed by atoms with Crippen LogP contribution < -0.4 is 10.6 Å². The zero-order valence-electron chi connectivity index (χ0n) is 12.7. The molecule has 1 atom stereocenters. The molecular weight excluding hydrogens is 238 g/mol. The summed E-state index contributed by atoms with van der Waals surface area (Å²) in [5, 5.41) is 6.46. The number of nitrogens with one attached hydrogen (secondary N) is 2. The minimum atomic E-state index is -0.0434. The first-order valence-corrected chi connectivity index (χ1v) is 7.69. The van der Waals surface area contributed by atoms with Gasteiger partial charge in [0.15, 0.2) is 0 Å². The SMILES string of the molecule is CN1CCNC(C(=O)NCC(C)(C)C2CCCC2)C1. The molecule has 4 heteroatoms. The first kappa shape index (κ1) is 14.8. The fourth-order valence-electron chi connectivity index (χ4n) is 3.36. The van der Waals surface area contributed by atoms with Crippen molar-refractivity contribution >= 4 is 5.91 Å². The van der Waals surface area contributed by atoms with Crippen molar-refractivity contribution in [2.45, 2.75) is 45.6 Å². The van der Waals surface area contributed by atoms with E-state index in [1.165, 1.54) is 25.7 Å². The lowest BCUT2D eigenvalue weighted by Gasteiger charge is -2.34. The Bertz CT molecular complexity index is 311. The number of hydrogen-bond donors (Lipinski definition) is 2. The smallest absolute Gasteiger partial charge is 0.238 e. The summed E-state index contributed by atoms with van der Waals surface area (Å²) in [7, 11) is 2.07. The van der Waals surface area contributed by atoms with Crippen LogP contribution >= 0.6 is 0 Å². The van der Waals surface area contributed by atoms with Gasteiger partial charge in [0.2, 0.25) is 5.91 Å². The van der Waals surface area contributed by atoms with Gasteiger partial charge in [-0.3, -0.25) is 4.79 Å². The van der Waals surface area contributed by atoms with Crippen LogP contribution in [0, 0.1) is 11.3 Å². The Morgan fingerprint density at radius 3 is 2.68 bits per heavy atom. The zero-order valence-corrected chi connectivity index (χ0v) is 12.7. The maximum atomic E-state index is 12.2. The van der Waals surface area contributed by atoms with E-state index in [1.807, 2.05) is 0 Å². The highest BCUT2D eigenvalue weighted by molar-refractivity contribution is 5.82. The van der Waals surface area contributed by atoms with E-state index in [4.69, 9.17) is 0 Å². The van der Waals surface area contributed by atoms with Crippen molar-refractivity contribution in [2.75, 3.05) is 33.2 Å². The molecule has 4 nitrogen and oxygen atoms in total. The number of likely N-dealkylation sites (N-methyl/N-ethyl adjacent to an activating group) is 1. The van der Waals surface area contributed by atoms with Gasteiger partial charge < -0.3 is 15.5 Å². The molecule has 19 heavy (non-hydrogen) atoms. The van der Waals surface area contributed by atoms with Crippen LogP contribution in [0.3, 0.4) is 0 Å². The molecule has 1 amide bonds. The third kappa shape index (κ3) is 3.93. The van der Waals surface area contributed by atoms with Crippen LogP contribution in [0.2, 0.25) is 0 Å².